The summed E-state index contributed by atoms with van der Waals surface area (Å²) in [6, 6.07) is 4.01. The van der Waals surface area contributed by atoms with E-state index in [9.17, 15) is 4.79 Å². The van der Waals surface area contributed by atoms with Crippen molar-refractivity contribution in [2.75, 3.05) is 13.1 Å². The Labute approximate surface area is 152 Å². The summed E-state index contributed by atoms with van der Waals surface area (Å²) in [5, 5.41) is 0.762. The molecule has 0 saturated carbocycles. The molecule has 0 spiro atoms. The number of aromatic nitrogens is 1. The van der Waals surface area contributed by atoms with Gasteiger partial charge in [-0.05, 0) is 38.8 Å². The molecule has 128 valence electrons. The number of likely N-dealkylation sites (tertiary alicyclic amines) is 1. The molecule has 2 aromatic rings. The van der Waals surface area contributed by atoms with E-state index in [-0.39, 0.29) is 36.8 Å². The van der Waals surface area contributed by atoms with Crippen LogP contribution in [-0.4, -0.2) is 34.9 Å². The Morgan fingerprint density at radius 2 is 1.96 bits per heavy atom. The molecular weight excluding hydrogens is 357 g/mol. The van der Waals surface area contributed by atoms with Crippen LogP contribution < -0.4 is 5.73 Å². The highest BCUT2D eigenvalue weighted by atomic mass is 35.5. The zero-order chi connectivity index (χ0) is 15.0. The number of aryl methyl sites for hydroxylation is 2. The second kappa shape index (κ2) is 8.15. The van der Waals surface area contributed by atoms with Gasteiger partial charge in [0.1, 0.15) is 10.6 Å². The first-order chi connectivity index (χ1) is 10.0. The zero-order valence-corrected chi connectivity index (χ0v) is 15.5. The molecule has 0 aromatic carbocycles. The van der Waals surface area contributed by atoms with E-state index in [1.54, 1.807) is 0 Å². The van der Waals surface area contributed by atoms with Crippen molar-refractivity contribution in [3.8, 4) is 10.8 Å². The third-order valence-electron chi connectivity index (χ3n) is 3.77. The fourth-order valence-electron chi connectivity index (χ4n) is 2.50. The molecule has 2 aromatic heterocycles. The first kappa shape index (κ1) is 20.0. The van der Waals surface area contributed by atoms with Crippen molar-refractivity contribution in [2.45, 2.75) is 32.7 Å². The standard InChI is InChI=1S/C15H19N3O2S.2ClH/c1-9-3-4-12(20-9)14-17-10(2)13(21-14)15(19)18-7-5-11(16)6-8-18;;/h3-4,11H,5-8,16H2,1-2H3;2*1H. The van der Waals surface area contributed by atoms with Crippen LogP contribution in [0.3, 0.4) is 0 Å². The van der Waals surface area contributed by atoms with Crippen LogP contribution in [0.4, 0.5) is 0 Å². The molecule has 2 N–H and O–H groups in total. The zero-order valence-electron chi connectivity index (χ0n) is 13.1. The topological polar surface area (TPSA) is 72.4 Å². The number of hydrogen-bond acceptors (Lipinski definition) is 5. The van der Waals surface area contributed by atoms with Crippen LogP contribution in [0, 0.1) is 13.8 Å². The van der Waals surface area contributed by atoms with Gasteiger partial charge in [0, 0.05) is 19.1 Å². The third kappa shape index (κ3) is 4.26. The lowest BCUT2D eigenvalue weighted by molar-refractivity contribution is 0.0718. The largest absolute Gasteiger partial charge is 0.459 e. The fourth-order valence-corrected chi connectivity index (χ4v) is 3.49. The normalized spacial score (nSPS) is 15.0. The van der Waals surface area contributed by atoms with E-state index in [0.29, 0.717) is 4.88 Å². The Hall–Kier alpha value is -1.08. The molecule has 3 heterocycles. The van der Waals surface area contributed by atoms with Crippen LogP contribution >= 0.6 is 36.2 Å². The molecule has 8 heteroatoms. The fraction of sp³-hybridized carbons (Fsp3) is 0.467. The molecule has 1 amide bonds. The Balaban J connectivity index is 0.00000132. The molecule has 1 saturated heterocycles. The summed E-state index contributed by atoms with van der Waals surface area (Å²) in [5.74, 6) is 1.63. The predicted octanol–water partition coefficient (Wildman–Crippen LogP) is 3.43. The van der Waals surface area contributed by atoms with Gasteiger partial charge in [0.05, 0.1) is 5.69 Å². The van der Waals surface area contributed by atoms with E-state index in [2.05, 4.69) is 4.98 Å². The number of carbonyl (C=O) groups is 1. The average Bonchev–Trinajstić information content (AvgIpc) is 3.05. The summed E-state index contributed by atoms with van der Waals surface area (Å²) in [5.41, 5.74) is 6.66. The molecule has 5 nitrogen and oxygen atoms in total. The molecule has 0 atom stereocenters. The van der Waals surface area contributed by atoms with Gasteiger partial charge in [-0.25, -0.2) is 4.98 Å². The Morgan fingerprint density at radius 3 is 2.52 bits per heavy atom. The summed E-state index contributed by atoms with van der Waals surface area (Å²) in [4.78, 5) is 19.7. The van der Waals surface area contributed by atoms with E-state index in [4.69, 9.17) is 10.2 Å². The Morgan fingerprint density at radius 1 is 1.30 bits per heavy atom. The first-order valence-electron chi connectivity index (χ1n) is 7.13. The van der Waals surface area contributed by atoms with E-state index in [1.165, 1.54) is 11.3 Å². The van der Waals surface area contributed by atoms with Crippen LogP contribution in [0.1, 0.15) is 34.0 Å². The maximum atomic E-state index is 12.6. The van der Waals surface area contributed by atoms with Crippen LogP contribution in [0.25, 0.3) is 10.8 Å². The number of amides is 1. The van der Waals surface area contributed by atoms with Crippen LogP contribution in [0.15, 0.2) is 16.5 Å². The molecule has 1 aliphatic heterocycles. The van der Waals surface area contributed by atoms with E-state index >= 15 is 0 Å². The van der Waals surface area contributed by atoms with Crippen molar-refractivity contribution in [2.24, 2.45) is 5.73 Å². The second-order valence-electron chi connectivity index (χ2n) is 5.47. The number of carbonyl (C=O) groups excluding carboxylic acids is 1. The van der Waals surface area contributed by atoms with Gasteiger partial charge in [0.2, 0.25) is 0 Å². The smallest absolute Gasteiger partial charge is 0.265 e. The molecule has 0 aliphatic carbocycles. The van der Waals surface area contributed by atoms with E-state index in [1.807, 2.05) is 30.9 Å². The Bertz CT molecular complexity index is 663. The highest BCUT2D eigenvalue weighted by molar-refractivity contribution is 7.17. The molecule has 0 bridgehead atoms. The van der Waals surface area contributed by atoms with Crippen molar-refractivity contribution in [1.29, 1.82) is 0 Å². The number of halogens is 2. The van der Waals surface area contributed by atoms with Crippen LogP contribution in [-0.2, 0) is 0 Å². The minimum Gasteiger partial charge on any atom is -0.459 e. The van der Waals surface area contributed by atoms with Gasteiger partial charge in [-0.2, -0.15) is 0 Å². The lowest BCUT2D eigenvalue weighted by Gasteiger charge is -2.29. The second-order valence-corrected chi connectivity index (χ2v) is 6.47. The average molecular weight is 378 g/mol. The van der Waals surface area contributed by atoms with Gasteiger partial charge in [0.25, 0.3) is 5.91 Å². The van der Waals surface area contributed by atoms with Crippen molar-refractivity contribution >= 4 is 42.1 Å². The van der Waals surface area contributed by atoms with Crippen molar-refractivity contribution in [3.63, 3.8) is 0 Å². The molecule has 3 rings (SSSR count). The van der Waals surface area contributed by atoms with Crippen molar-refractivity contribution in [3.05, 3.63) is 28.5 Å². The monoisotopic (exact) mass is 377 g/mol. The first-order valence-corrected chi connectivity index (χ1v) is 7.95. The molecule has 1 fully saturated rings. The highest BCUT2D eigenvalue weighted by Crippen LogP contribution is 2.30. The van der Waals surface area contributed by atoms with Gasteiger partial charge in [-0.15, -0.1) is 36.2 Å². The molecule has 1 aliphatic rings. The van der Waals surface area contributed by atoms with Gasteiger partial charge in [0.15, 0.2) is 10.8 Å². The lowest BCUT2D eigenvalue weighted by atomic mass is 10.1. The number of nitrogens with zero attached hydrogens (tertiary/aromatic N) is 2. The molecule has 0 radical (unpaired) electrons. The number of nitrogens with two attached hydrogens (primary N) is 1. The lowest BCUT2D eigenvalue weighted by Crippen LogP contribution is -2.42. The number of hydrogen-bond donors (Lipinski definition) is 1. The quantitative estimate of drug-likeness (QED) is 0.869. The number of thiazole rings is 1. The third-order valence-corrected chi connectivity index (χ3v) is 4.93. The van der Waals surface area contributed by atoms with Crippen molar-refractivity contribution in [1.82, 2.24) is 9.88 Å². The molecule has 23 heavy (non-hydrogen) atoms. The van der Waals surface area contributed by atoms with Gasteiger partial charge < -0.3 is 15.1 Å². The predicted molar refractivity (Wildman–Crippen MR) is 96.9 cm³/mol. The SMILES string of the molecule is Cc1ccc(-c2nc(C)c(C(=O)N3CCC(N)CC3)s2)o1.Cl.Cl. The van der Waals surface area contributed by atoms with Crippen LogP contribution in [0.2, 0.25) is 0 Å². The summed E-state index contributed by atoms with van der Waals surface area (Å²) in [6.07, 6.45) is 1.74. The highest BCUT2D eigenvalue weighted by Gasteiger charge is 2.25. The van der Waals surface area contributed by atoms with Gasteiger partial charge >= 0.3 is 0 Å². The number of furan rings is 1. The van der Waals surface area contributed by atoms with Gasteiger partial charge in [-0.1, -0.05) is 0 Å². The van der Waals surface area contributed by atoms with Crippen molar-refractivity contribution < 1.29 is 9.21 Å². The van der Waals surface area contributed by atoms with E-state index in [0.717, 1.165) is 48.2 Å². The summed E-state index contributed by atoms with van der Waals surface area (Å²) >= 11 is 1.40. The maximum Gasteiger partial charge on any atom is 0.265 e. The number of piperidine rings is 1. The summed E-state index contributed by atoms with van der Waals surface area (Å²) in [6.45, 7) is 5.23. The molecular formula is C15H21Cl2N3O2S. The minimum absolute atomic E-state index is 0. The number of rotatable bonds is 2. The maximum absolute atomic E-state index is 12.6. The van der Waals surface area contributed by atoms with E-state index < -0.39 is 0 Å². The summed E-state index contributed by atoms with van der Waals surface area (Å²) < 4.78 is 5.58. The summed E-state index contributed by atoms with van der Waals surface area (Å²) in [7, 11) is 0. The minimum atomic E-state index is 0. The molecule has 0 unspecified atom stereocenters. The van der Waals surface area contributed by atoms with Crippen LogP contribution in [0.5, 0.6) is 0 Å². The Kier molecular flexibility index (Phi) is 7.07. The van der Waals surface area contributed by atoms with Gasteiger partial charge in [-0.3, -0.25) is 4.79 Å².